The zero-order valence-corrected chi connectivity index (χ0v) is 13.7. The third kappa shape index (κ3) is 3.76. The molecule has 6 nitrogen and oxygen atoms in total. The van der Waals surface area contributed by atoms with E-state index in [1.54, 1.807) is 0 Å². The van der Waals surface area contributed by atoms with Crippen LogP contribution in [0.15, 0.2) is 0 Å². The highest BCUT2D eigenvalue weighted by Gasteiger charge is 2.41. The predicted molar refractivity (Wildman–Crippen MR) is 80.1 cm³/mol. The number of carbonyl (C=O) groups is 1. The highest BCUT2D eigenvalue weighted by molar-refractivity contribution is 7.87. The molecule has 2 atom stereocenters. The number of nitrogens with zero attached hydrogens (tertiary/aromatic N) is 1. The van der Waals surface area contributed by atoms with Crippen molar-refractivity contribution in [2.24, 2.45) is 5.41 Å². The van der Waals surface area contributed by atoms with Gasteiger partial charge in [0.2, 0.25) is 0 Å². The maximum absolute atomic E-state index is 12.6. The minimum Gasteiger partial charge on any atom is -0.480 e. The Kier molecular flexibility index (Phi) is 4.95. The second-order valence-corrected chi connectivity index (χ2v) is 8.53. The number of aliphatic carboxylic acids is 1. The summed E-state index contributed by atoms with van der Waals surface area (Å²) in [5.41, 5.74) is -0.0835. The third-order valence-electron chi connectivity index (χ3n) is 4.85. The molecule has 1 saturated carbocycles. The summed E-state index contributed by atoms with van der Waals surface area (Å²) < 4.78 is 29.1. The van der Waals surface area contributed by atoms with E-state index in [1.807, 2.05) is 0 Å². The lowest BCUT2D eigenvalue weighted by atomic mass is 9.74. The Hall–Kier alpha value is -0.660. The topological polar surface area (TPSA) is 86.7 Å². The SMILES string of the molecule is CC1(C)CCCCC1NS(=O)(=O)N1CCCCC1C(=O)O. The van der Waals surface area contributed by atoms with Crippen LogP contribution in [-0.2, 0) is 15.0 Å². The first-order chi connectivity index (χ1) is 9.74. The Morgan fingerprint density at radius 2 is 1.86 bits per heavy atom. The van der Waals surface area contributed by atoms with Crippen LogP contribution in [0.2, 0.25) is 0 Å². The van der Waals surface area contributed by atoms with Crippen molar-refractivity contribution in [3.63, 3.8) is 0 Å². The van der Waals surface area contributed by atoms with Gasteiger partial charge in [0.05, 0.1) is 0 Å². The van der Waals surface area contributed by atoms with Gasteiger partial charge in [0.25, 0.3) is 10.2 Å². The number of hydrogen-bond donors (Lipinski definition) is 2. The van der Waals surface area contributed by atoms with Crippen LogP contribution in [0, 0.1) is 5.41 Å². The van der Waals surface area contributed by atoms with Gasteiger partial charge >= 0.3 is 5.97 Å². The first kappa shape index (κ1) is 16.7. The highest BCUT2D eigenvalue weighted by atomic mass is 32.2. The largest absolute Gasteiger partial charge is 0.480 e. The summed E-state index contributed by atoms with van der Waals surface area (Å²) in [6, 6.07) is -1.05. The standard InChI is InChI=1S/C14H26N2O4S/c1-14(2)9-5-3-8-12(14)15-21(19,20)16-10-6-4-7-11(16)13(17)18/h11-12,15H,3-10H2,1-2H3,(H,17,18). The lowest BCUT2D eigenvalue weighted by Crippen LogP contribution is -2.56. The molecule has 2 N–H and O–H groups in total. The molecule has 2 rings (SSSR count). The summed E-state index contributed by atoms with van der Waals surface area (Å²) in [7, 11) is -3.75. The first-order valence-corrected chi connectivity index (χ1v) is 9.20. The number of carboxylic acids is 1. The van der Waals surface area contributed by atoms with Crippen molar-refractivity contribution in [3.05, 3.63) is 0 Å². The quantitative estimate of drug-likeness (QED) is 0.826. The van der Waals surface area contributed by atoms with Crippen molar-refractivity contribution in [2.75, 3.05) is 6.54 Å². The lowest BCUT2D eigenvalue weighted by Gasteiger charge is -2.41. The molecule has 0 aromatic carbocycles. The Morgan fingerprint density at radius 3 is 2.48 bits per heavy atom. The van der Waals surface area contributed by atoms with Gasteiger partial charge in [-0.3, -0.25) is 4.79 Å². The van der Waals surface area contributed by atoms with Crippen molar-refractivity contribution >= 4 is 16.2 Å². The minimum absolute atomic E-state index is 0.0835. The summed E-state index contributed by atoms with van der Waals surface area (Å²) in [4.78, 5) is 11.3. The lowest BCUT2D eigenvalue weighted by molar-refractivity contribution is -0.142. The van der Waals surface area contributed by atoms with Crippen LogP contribution in [-0.4, -0.2) is 42.4 Å². The maximum Gasteiger partial charge on any atom is 0.322 e. The molecule has 0 spiro atoms. The van der Waals surface area contributed by atoms with Crippen LogP contribution in [0.1, 0.15) is 58.8 Å². The van der Waals surface area contributed by atoms with E-state index in [2.05, 4.69) is 18.6 Å². The second-order valence-electron chi connectivity index (χ2n) is 6.87. The minimum atomic E-state index is -3.75. The van der Waals surface area contributed by atoms with E-state index in [0.29, 0.717) is 13.0 Å². The average Bonchev–Trinajstić information content (AvgIpc) is 2.41. The van der Waals surface area contributed by atoms with Gasteiger partial charge in [-0.15, -0.1) is 0 Å². The summed E-state index contributed by atoms with van der Waals surface area (Å²) in [5.74, 6) is -1.05. The van der Waals surface area contributed by atoms with Crippen LogP contribution in [0.5, 0.6) is 0 Å². The molecule has 1 heterocycles. The molecule has 2 aliphatic rings. The fourth-order valence-electron chi connectivity index (χ4n) is 3.40. The number of piperidine rings is 1. The van der Waals surface area contributed by atoms with Gasteiger partial charge in [0.1, 0.15) is 6.04 Å². The Balaban J connectivity index is 2.14. The van der Waals surface area contributed by atoms with E-state index >= 15 is 0 Å². The van der Waals surface area contributed by atoms with Crippen molar-refractivity contribution in [1.29, 1.82) is 0 Å². The normalized spacial score (nSPS) is 31.0. The zero-order valence-electron chi connectivity index (χ0n) is 12.8. The van der Waals surface area contributed by atoms with E-state index in [0.717, 1.165) is 42.8 Å². The Bertz CT molecular complexity index is 489. The fourth-order valence-corrected chi connectivity index (χ4v) is 5.23. The summed E-state index contributed by atoms with van der Waals surface area (Å²) in [5, 5.41) is 9.25. The number of hydrogen-bond acceptors (Lipinski definition) is 3. The monoisotopic (exact) mass is 318 g/mol. The van der Waals surface area contributed by atoms with Crippen LogP contribution < -0.4 is 4.72 Å². The van der Waals surface area contributed by atoms with Gasteiger partial charge in [-0.25, -0.2) is 0 Å². The first-order valence-electron chi connectivity index (χ1n) is 7.76. The molecule has 0 amide bonds. The fraction of sp³-hybridized carbons (Fsp3) is 0.929. The van der Waals surface area contributed by atoms with Gasteiger partial charge in [0.15, 0.2) is 0 Å². The molecule has 1 aliphatic carbocycles. The van der Waals surface area contributed by atoms with E-state index in [1.165, 1.54) is 0 Å². The Labute approximate surface area is 127 Å². The third-order valence-corrected chi connectivity index (χ3v) is 6.48. The summed E-state index contributed by atoms with van der Waals surface area (Å²) in [6.45, 7) is 4.44. The second kappa shape index (κ2) is 6.22. The van der Waals surface area contributed by atoms with E-state index in [9.17, 15) is 18.3 Å². The van der Waals surface area contributed by atoms with Gasteiger partial charge in [-0.05, 0) is 37.5 Å². The molecule has 2 fully saturated rings. The molecule has 0 bridgehead atoms. The average molecular weight is 318 g/mol. The zero-order chi connectivity index (χ0) is 15.7. The Morgan fingerprint density at radius 1 is 1.19 bits per heavy atom. The molecular formula is C14H26N2O4S. The van der Waals surface area contributed by atoms with Gasteiger partial charge in [0, 0.05) is 12.6 Å². The molecule has 0 radical (unpaired) electrons. The van der Waals surface area contributed by atoms with Crippen molar-refractivity contribution < 1.29 is 18.3 Å². The van der Waals surface area contributed by atoms with Crippen molar-refractivity contribution in [2.45, 2.75) is 70.9 Å². The predicted octanol–water partition coefficient (Wildman–Crippen LogP) is 1.73. The van der Waals surface area contributed by atoms with Crippen LogP contribution in [0.4, 0.5) is 0 Å². The molecule has 0 aromatic heterocycles. The summed E-state index contributed by atoms with van der Waals surface area (Å²) >= 11 is 0. The molecular weight excluding hydrogens is 292 g/mol. The number of nitrogens with one attached hydrogen (secondary N) is 1. The van der Waals surface area contributed by atoms with Gasteiger partial charge in [-0.1, -0.05) is 26.7 Å². The molecule has 21 heavy (non-hydrogen) atoms. The molecule has 1 saturated heterocycles. The number of carboxylic acid groups (broad SMARTS) is 1. The van der Waals surface area contributed by atoms with Crippen LogP contribution in [0.3, 0.4) is 0 Å². The molecule has 122 valence electrons. The highest BCUT2D eigenvalue weighted by Crippen LogP contribution is 2.36. The molecule has 7 heteroatoms. The maximum atomic E-state index is 12.6. The number of rotatable bonds is 4. The van der Waals surface area contributed by atoms with Gasteiger partial charge in [-0.2, -0.15) is 17.4 Å². The van der Waals surface area contributed by atoms with E-state index in [-0.39, 0.29) is 11.5 Å². The smallest absolute Gasteiger partial charge is 0.322 e. The van der Waals surface area contributed by atoms with E-state index in [4.69, 9.17) is 0 Å². The van der Waals surface area contributed by atoms with Crippen molar-refractivity contribution in [1.82, 2.24) is 9.03 Å². The molecule has 2 unspecified atom stereocenters. The molecule has 0 aromatic rings. The van der Waals surface area contributed by atoms with Crippen LogP contribution >= 0.6 is 0 Å². The molecule has 1 aliphatic heterocycles. The van der Waals surface area contributed by atoms with E-state index < -0.39 is 22.2 Å². The summed E-state index contributed by atoms with van der Waals surface area (Å²) in [6.07, 6.45) is 5.81. The van der Waals surface area contributed by atoms with Crippen LogP contribution in [0.25, 0.3) is 0 Å². The van der Waals surface area contributed by atoms with Gasteiger partial charge < -0.3 is 5.11 Å². The van der Waals surface area contributed by atoms with Crippen molar-refractivity contribution in [3.8, 4) is 0 Å².